The summed E-state index contributed by atoms with van der Waals surface area (Å²) in [6.07, 6.45) is 7.39. The third kappa shape index (κ3) is 3.64. The summed E-state index contributed by atoms with van der Waals surface area (Å²) in [6.45, 7) is 8.22. The van der Waals surface area contributed by atoms with Gasteiger partial charge in [0, 0.05) is 42.9 Å². The molecule has 0 aliphatic carbocycles. The fraction of sp³-hybridized carbons (Fsp3) is 0.591. The highest BCUT2D eigenvalue weighted by Gasteiger charge is 2.25. The van der Waals surface area contributed by atoms with Gasteiger partial charge in [0.05, 0.1) is 23.4 Å². The summed E-state index contributed by atoms with van der Waals surface area (Å²) >= 11 is 0. The Balaban J connectivity index is 1.90. The number of carbonyl (C=O) groups excluding carboxylic acids is 1. The monoisotopic (exact) mass is 382 g/mol. The first-order chi connectivity index (χ1) is 13.7. The molecule has 0 unspecified atom stereocenters. The number of esters is 1. The Morgan fingerprint density at radius 2 is 1.61 bits per heavy atom. The number of nitrogens with zero attached hydrogens (tertiary/aromatic N) is 4. The SMILES string of the molecule is CCOC(=O)c1c(C)nnc2cc(N3CCCCC3)cc(N3CCCCC3)c12. The van der Waals surface area contributed by atoms with Crippen molar-refractivity contribution in [1.82, 2.24) is 10.2 Å². The normalized spacial score (nSPS) is 17.8. The fourth-order valence-electron chi connectivity index (χ4n) is 4.46. The average molecular weight is 383 g/mol. The molecule has 3 heterocycles. The molecule has 0 bridgehead atoms. The second-order valence-electron chi connectivity index (χ2n) is 7.84. The number of ether oxygens (including phenoxy) is 1. The van der Waals surface area contributed by atoms with Crippen molar-refractivity contribution < 1.29 is 9.53 Å². The van der Waals surface area contributed by atoms with Crippen molar-refractivity contribution in [2.24, 2.45) is 0 Å². The Hall–Kier alpha value is -2.37. The third-order valence-corrected chi connectivity index (χ3v) is 5.90. The summed E-state index contributed by atoms with van der Waals surface area (Å²) in [5.74, 6) is -0.302. The molecule has 4 rings (SSSR count). The van der Waals surface area contributed by atoms with Gasteiger partial charge in [0.1, 0.15) is 0 Å². The zero-order chi connectivity index (χ0) is 19.5. The van der Waals surface area contributed by atoms with E-state index in [2.05, 4.69) is 32.1 Å². The van der Waals surface area contributed by atoms with Crippen LogP contribution >= 0.6 is 0 Å². The molecule has 2 fully saturated rings. The van der Waals surface area contributed by atoms with Gasteiger partial charge in [-0.15, -0.1) is 0 Å². The van der Waals surface area contributed by atoms with Gasteiger partial charge in [-0.05, 0) is 64.5 Å². The van der Waals surface area contributed by atoms with E-state index in [0.29, 0.717) is 17.9 Å². The number of aryl methyl sites for hydroxylation is 1. The number of hydrogen-bond acceptors (Lipinski definition) is 6. The van der Waals surface area contributed by atoms with E-state index < -0.39 is 0 Å². The number of fused-ring (bicyclic) bond motifs is 1. The first-order valence-corrected chi connectivity index (χ1v) is 10.7. The van der Waals surface area contributed by atoms with Gasteiger partial charge < -0.3 is 14.5 Å². The molecular weight excluding hydrogens is 352 g/mol. The van der Waals surface area contributed by atoms with E-state index in [-0.39, 0.29) is 5.97 Å². The summed E-state index contributed by atoms with van der Waals surface area (Å²) in [6, 6.07) is 4.37. The second kappa shape index (κ2) is 8.33. The number of rotatable bonds is 4. The van der Waals surface area contributed by atoms with Crippen molar-refractivity contribution in [3.63, 3.8) is 0 Å². The van der Waals surface area contributed by atoms with Gasteiger partial charge in [-0.25, -0.2) is 4.79 Å². The highest BCUT2D eigenvalue weighted by Crippen LogP contribution is 2.37. The molecule has 2 aliphatic rings. The quantitative estimate of drug-likeness (QED) is 0.742. The maximum absolute atomic E-state index is 12.8. The molecule has 2 saturated heterocycles. The molecule has 2 aromatic rings. The van der Waals surface area contributed by atoms with E-state index >= 15 is 0 Å². The first-order valence-electron chi connectivity index (χ1n) is 10.7. The number of aromatic nitrogens is 2. The lowest BCUT2D eigenvalue weighted by Crippen LogP contribution is -2.32. The van der Waals surface area contributed by atoms with Crippen LogP contribution in [-0.4, -0.2) is 49.0 Å². The van der Waals surface area contributed by atoms with Gasteiger partial charge in [0.25, 0.3) is 0 Å². The van der Waals surface area contributed by atoms with Crippen LogP contribution in [0.15, 0.2) is 12.1 Å². The topological polar surface area (TPSA) is 58.6 Å². The summed E-state index contributed by atoms with van der Waals surface area (Å²) in [4.78, 5) is 17.6. The zero-order valence-corrected chi connectivity index (χ0v) is 17.0. The summed E-state index contributed by atoms with van der Waals surface area (Å²) < 4.78 is 5.37. The molecule has 6 heteroatoms. The molecule has 0 atom stereocenters. The summed E-state index contributed by atoms with van der Waals surface area (Å²) in [7, 11) is 0. The maximum Gasteiger partial charge on any atom is 0.340 e. The predicted molar refractivity (Wildman–Crippen MR) is 112 cm³/mol. The van der Waals surface area contributed by atoms with Crippen LogP contribution < -0.4 is 9.80 Å². The molecule has 0 radical (unpaired) electrons. The van der Waals surface area contributed by atoms with Crippen LogP contribution in [0.4, 0.5) is 11.4 Å². The van der Waals surface area contributed by atoms with Crippen LogP contribution in [0.3, 0.4) is 0 Å². The summed E-state index contributed by atoms with van der Waals surface area (Å²) in [5, 5.41) is 9.68. The number of hydrogen-bond donors (Lipinski definition) is 0. The smallest absolute Gasteiger partial charge is 0.340 e. The van der Waals surface area contributed by atoms with Gasteiger partial charge in [0.2, 0.25) is 0 Å². The van der Waals surface area contributed by atoms with Gasteiger partial charge >= 0.3 is 5.97 Å². The molecule has 0 spiro atoms. The maximum atomic E-state index is 12.8. The highest BCUT2D eigenvalue weighted by atomic mass is 16.5. The van der Waals surface area contributed by atoms with Crippen LogP contribution in [0, 0.1) is 6.92 Å². The van der Waals surface area contributed by atoms with Crippen molar-refractivity contribution in [2.75, 3.05) is 42.6 Å². The van der Waals surface area contributed by atoms with Crippen LogP contribution in [0.25, 0.3) is 10.9 Å². The first kappa shape index (κ1) is 19.0. The molecule has 6 nitrogen and oxygen atoms in total. The molecule has 28 heavy (non-hydrogen) atoms. The Kier molecular flexibility index (Phi) is 5.64. The molecule has 0 amide bonds. The van der Waals surface area contributed by atoms with Crippen LogP contribution in [0.1, 0.15) is 61.5 Å². The van der Waals surface area contributed by atoms with Crippen molar-refractivity contribution in [3.05, 3.63) is 23.4 Å². The summed E-state index contributed by atoms with van der Waals surface area (Å²) in [5.41, 5.74) is 4.30. The lowest BCUT2D eigenvalue weighted by Gasteiger charge is -2.33. The third-order valence-electron chi connectivity index (χ3n) is 5.90. The minimum Gasteiger partial charge on any atom is -0.462 e. The van der Waals surface area contributed by atoms with Crippen LogP contribution in [0.2, 0.25) is 0 Å². The molecule has 1 aromatic carbocycles. The lowest BCUT2D eigenvalue weighted by atomic mass is 10.0. The molecule has 150 valence electrons. The Bertz CT molecular complexity index is 855. The van der Waals surface area contributed by atoms with Crippen molar-refractivity contribution >= 4 is 28.2 Å². The minimum atomic E-state index is -0.302. The van der Waals surface area contributed by atoms with Gasteiger partial charge in [-0.1, -0.05) is 0 Å². The van der Waals surface area contributed by atoms with Crippen LogP contribution in [-0.2, 0) is 4.74 Å². The Morgan fingerprint density at radius 3 is 2.25 bits per heavy atom. The van der Waals surface area contributed by atoms with Gasteiger partial charge in [-0.3, -0.25) is 0 Å². The largest absolute Gasteiger partial charge is 0.462 e. The molecule has 1 aromatic heterocycles. The zero-order valence-electron chi connectivity index (χ0n) is 17.0. The fourth-order valence-corrected chi connectivity index (χ4v) is 4.46. The standard InChI is InChI=1S/C22H30N4O2/c1-3-28-22(27)20-16(2)23-24-18-14-17(25-10-6-4-7-11-25)15-19(21(18)20)26-12-8-5-9-13-26/h14-15H,3-13H2,1-2H3. The van der Waals surface area contributed by atoms with Crippen molar-refractivity contribution in [2.45, 2.75) is 52.4 Å². The molecule has 0 saturated carbocycles. The molecule has 2 aliphatic heterocycles. The number of benzene rings is 1. The van der Waals surface area contributed by atoms with Crippen LogP contribution in [0.5, 0.6) is 0 Å². The lowest BCUT2D eigenvalue weighted by molar-refractivity contribution is 0.0527. The van der Waals surface area contributed by atoms with E-state index in [0.717, 1.165) is 42.8 Å². The molecular formula is C22H30N4O2. The van der Waals surface area contributed by atoms with Gasteiger partial charge in [0.15, 0.2) is 0 Å². The molecule has 0 N–H and O–H groups in total. The minimum absolute atomic E-state index is 0.302. The number of anilines is 2. The number of carbonyl (C=O) groups is 1. The second-order valence-corrected chi connectivity index (χ2v) is 7.84. The van der Waals surface area contributed by atoms with E-state index in [1.54, 1.807) is 0 Å². The van der Waals surface area contributed by atoms with Crippen molar-refractivity contribution in [1.29, 1.82) is 0 Å². The van der Waals surface area contributed by atoms with Gasteiger partial charge in [-0.2, -0.15) is 10.2 Å². The van der Waals surface area contributed by atoms with E-state index in [1.807, 2.05) is 13.8 Å². The Morgan fingerprint density at radius 1 is 0.964 bits per heavy atom. The number of piperidine rings is 2. The highest BCUT2D eigenvalue weighted by molar-refractivity contribution is 6.10. The van der Waals surface area contributed by atoms with E-state index in [4.69, 9.17) is 4.74 Å². The average Bonchev–Trinajstić information content (AvgIpc) is 2.74. The van der Waals surface area contributed by atoms with Crippen molar-refractivity contribution in [3.8, 4) is 0 Å². The predicted octanol–water partition coefficient (Wildman–Crippen LogP) is 4.10. The van der Waals surface area contributed by atoms with E-state index in [9.17, 15) is 4.79 Å². The Labute approximate surface area is 166 Å². The van der Waals surface area contributed by atoms with E-state index in [1.165, 1.54) is 44.2 Å².